The Labute approximate surface area is 173 Å². The van der Waals surface area contributed by atoms with E-state index in [1.807, 2.05) is 42.5 Å². The fourth-order valence-corrected chi connectivity index (χ4v) is 3.98. The lowest BCUT2D eigenvalue weighted by Crippen LogP contribution is -2.41. The van der Waals surface area contributed by atoms with Gasteiger partial charge in [0.25, 0.3) is 5.91 Å². The molecule has 154 valence electrons. The predicted octanol–water partition coefficient (Wildman–Crippen LogP) is 4.77. The molecule has 4 rings (SSSR count). The van der Waals surface area contributed by atoms with E-state index in [2.05, 4.69) is 0 Å². The van der Waals surface area contributed by atoms with Gasteiger partial charge in [-0.3, -0.25) is 4.79 Å². The van der Waals surface area contributed by atoms with Gasteiger partial charge in [-0.2, -0.15) is 0 Å². The number of carbonyl (C=O) groups excluding carboxylic acids is 1. The quantitative estimate of drug-likeness (QED) is 0.623. The standard InChI is InChI=1S/C24H21F2NO3/c1-29-21-12-16-10-11-27(24(28)19-13-17(25)8-9-20(19)26)23(15-6-4-3-5-7-15)18(16)14-22(21)30-2/h3-9,12-14,23H,10-11H2,1-2H3/t23-/m1/s1. The van der Waals surface area contributed by atoms with Crippen molar-refractivity contribution in [1.82, 2.24) is 4.90 Å². The summed E-state index contributed by atoms with van der Waals surface area (Å²) in [6.45, 7) is 0.358. The van der Waals surface area contributed by atoms with Crippen molar-refractivity contribution in [2.24, 2.45) is 0 Å². The van der Waals surface area contributed by atoms with Crippen LogP contribution >= 0.6 is 0 Å². The molecule has 0 unspecified atom stereocenters. The van der Waals surface area contributed by atoms with Crippen LogP contribution in [-0.2, 0) is 6.42 Å². The van der Waals surface area contributed by atoms with Crippen LogP contribution in [0.15, 0.2) is 60.7 Å². The number of hydrogen-bond donors (Lipinski definition) is 0. The normalized spacial score (nSPS) is 15.5. The number of ether oxygens (including phenoxy) is 2. The van der Waals surface area contributed by atoms with Crippen LogP contribution in [0, 0.1) is 11.6 Å². The lowest BCUT2D eigenvalue weighted by atomic mass is 9.87. The van der Waals surface area contributed by atoms with Gasteiger partial charge in [0.1, 0.15) is 11.6 Å². The molecule has 0 fully saturated rings. The zero-order valence-electron chi connectivity index (χ0n) is 16.7. The Morgan fingerprint density at radius 3 is 2.37 bits per heavy atom. The second kappa shape index (κ2) is 8.14. The molecule has 1 aliphatic heterocycles. The van der Waals surface area contributed by atoms with Crippen molar-refractivity contribution < 1.29 is 23.0 Å². The highest BCUT2D eigenvalue weighted by Crippen LogP contribution is 2.41. The predicted molar refractivity (Wildman–Crippen MR) is 109 cm³/mol. The molecular formula is C24H21F2NO3. The van der Waals surface area contributed by atoms with Crippen LogP contribution < -0.4 is 9.47 Å². The summed E-state index contributed by atoms with van der Waals surface area (Å²) in [5.74, 6) is -0.796. The number of halogens is 2. The van der Waals surface area contributed by atoms with E-state index in [9.17, 15) is 13.6 Å². The summed E-state index contributed by atoms with van der Waals surface area (Å²) in [4.78, 5) is 14.9. The van der Waals surface area contributed by atoms with E-state index in [0.717, 1.165) is 34.9 Å². The molecule has 0 aromatic heterocycles. The minimum atomic E-state index is -0.744. The molecule has 3 aromatic rings. The van der Waals surface area contributed by atoms with E-state index in [1.165, 1.54) is 0 Å². The average Bonchev–Trinajstić information content (AvgIpc) is 2.78. The number of amides is 1. The Bertz CT molecular complexity index is 1090. The van der Waals surface area contributed by atoms with Crippen LogP contribution in [0.2, 0.25) is 0 Å². The second-order valence-electron chi connectivity index (χ2n) is 7.09. The number of hydrogen-bond acceptors (Lipinski definition) is 3. The maximum atomic E-state index is 14.4. The zero-order valence-corrected chi connectivity index (χ0v) is 16.7. The number of benzene rings is 3. The first-order valence-corrected chi connectivity index (χ1v) is 9.59. The third-order valence-corrected chi connectivity index (χ3v) is 5.41. The van der Waals surface area contributed by atoms with Crippen LogP contribution in [-0.4, -0.2) is 31.6 Å². The fourth-order valence-electron chi connectivity index (χ4n) is 3.98. The highest BCUT2D eigenvalue weighted by molar-refractivity contribution is 5.95. The van der Waals surface area contributed by atoms with Gasteiger partial charge in [-0.25, -0.2) is 8.78 Å². The van der Waals surface area contributed by atoms with Gasteiger partial charge in [0.05, 0.1) is 25.8 Å². The number of methoxy groups -OCH3 is 2. The first kappa shape index (κ1) is 19.9. The number of rotatable bonds is 4. The molecule has 30 heavy (non-hydrogen) atoms. The maximum Gasteiger partial charge on any atom is 0.257 e. The van der Waals surface area contributed by atoms with Crippen LogP contribution in [0.4, 0.5) is 8.78 Å². The van der Waals surface area contributed by atoms with Gasteiger partial charge < -0.3 is 14.4 Å². The molecule has 1 heterocycles. The summed E-state index contributed by atoms with van der Waals surface area (Å²) in [5.41, 5.74) is 2.48. The van der Waals surface area contributed by atoms with Crippen molar-refractivity contribution in [2.45, 2.75) is 12.5 Å². The maximum absolute atomic E-state index is 14.4. The topological polar surface area (TPSA) is 38.8 Å². The summed E-state index contributed by atoms with van der Waals surface area (Å²) in [6.07, 6.45) is 0.557. The van der Waals surface area contributed by atoms with Gasteiger partial charge in [0, 0.05) is 6.54 Å². The number of fused-ring (bicyclic) bond motifs is 1. The van der Waals surface area contributed by atoms with Gasteiger partial charge in [0.15, 0.2) is 11.5 Å². The van der Waals surface area contributed by atoms with Crippen LogP contribution in [0.5, 0.6) is 11.5 Å². The third-order valence-electron chi connectivity index (χ3n) is 5.41. The lowest BCUT2D eigenvalue weighted by Gasteiger charge is -2.38. The Hall–Kier alpha value is -3.41. The van der Waals surface area contributed by atoms with Crippen LogP contribution in [0.3, 0.4) is 0 Å². The summed E-state index contributed by atoms with van der Waals surface area (Å²) < 4.78 is 39.0. The molecule has 0 aliphatic carbocycles. The summed E-state index contributed by atoms with van der Waals surface area (Å²) in [6, 6.07) is 15.7. The van der Waals surface area contributed by atoms with E-state index in [-0.39, 0.29) is 5.56 Å². The van der Waals surface area contributed by atoms with E-state index >= 15 is 0 Å². The minimum absolute atomic E-state index is 0.278. The van der Waals surface area contributed by atoms with Crippen molar-refractivity contribution in [2.75, 3.05) is 20.8 Å². The Balaban J connectivity index is 1.86. The minimum Gasteiger partial charge on any atom is -0.493 e. The van der Waals surface area contributed by atoms with E-state index in [4.69, 9.17) is 9.47 Å². The van der Waals surface area contributed by atoms with Crippen molar-refractivity contribution in [3.8, 4) is 11.5 Å². The lowest BCUT2D eigenvalue weighted by molar-refractivity contribution is 0.0688. The van der Waals surface area contributed by atoms with E-state index < -0.39 is 23.6 Å². The van der Waals surface area contributed by atoms with E-state index in [0.29, 0.717) is 24.5 Å². The molecule has 0 saturated heterocycles. The molecular weight excluding hydrogens is 388 g/mol. The van der Waals surface area contributed by atoms with Crippen molar-refractivity contribution in [1.29, 1.82) is 0 Å². The molecule has 1 atom stereocenters. The molecule has 1 amide bonds. The van der Waals surface area contributed by atoms with Crippen molar-refractivity contribution >= 4 is 5.91 Å². The fraction of sp³-hybridized carbons (Fsp3) is 0.208. The van der Waals surface area contributed by atoms with Crippen molar-refractivity contribution in [3.05, 3.63) is 94.6 Å². The molecule has 0 radical (unpaired) electrons. The molecule has 0 saturated carbocycles. The molecule has 0 bridgehead atoms. The van der Waals surface area contributed by atoms with E-state index in [1.54, 1.807) is 19.1 Å². The molecule has 0 N–H and O–H groups in total. The highest BCUT2D eigenvalue weighted by atomic mass is 19.1. The molecule has 3 aromatic carbocycles. The second-order valence-corrected chi connectivity index (χ2v) is 7.09. The summed E-state index contributed by atoms with van der Waals surface area (Å²) in [7, 11) is 3.12. The van der Waals surface area contributed by atoms with Gasteiger partial charge >= 0.3 is 0 Å². The van der Waals surface area contributed by atoms with Gasteiger partial charge in [-0.15, -0.1) is 0 Å². The molecule has 4 nitrogen and oxygen atoms in total. The Morgan fingerprint density at radius 1 is 0.967 bits per heavy atom. The summed E-state index contributed by atoms with van der Waals surface area (Å²) in [5, 5.41) is 0. The smallest absolute Gasteiger partial charge is 0.257 e. The Morgan fingerprint density at radius 2 is 1.67 bits per heavy atom. The third kappa shape index (κ3) is 3.49. The largest absolute Gasteiger partial charge is 0.493 e. The Kier molecular flexibility index (Phi) is 5.40. The number of carbonyl (C=O) groups is 1. The molecule has 6 heteroatoms. The van der Waals surface area contributed by atoms with Crippen LogP contribution in [0.1, 0.15) is 33.1 Å². The van der Waals surface area contributed by atoms with Crippen molar-refractivity contribution in [3.63, 3.8) is 0 Å². The monoisotopic (exact) mass is 409 g/mol. The SMILES string of the molecule is COc1cc2c(cc1OC)[C@@H](c1ccccc1)N(C(=O)c1cc(F)ccc1F)CC2. The number of nitrogens with zero attached hydrogens (tertiary/aromatic N) is 1. The van der Waals surface area contributed by atoms with Gasteiger partial charge in [0.2, 0.25) is 0 Å². The van der Waals surface area contributed by atoms with Gasteiger partial charge in [-0.05, 0) is 53.4 Å². The highest BCUT2D eigenvalue weighted by Gasteiger charge is 2.34. The molecule has 0 spiro atoms. The summed E-state index contributed by atoms with van der Waals surface area (Å²) >= 11 is 0. The zero-order chi connectivity index (χ0) is 21.3. The first-order chi connectivity index (χ1) is 14.5. The van der Waals surface area contributed by atoms with Gasteiger partial charge in [-0.1, -0.05) is 30.3 Å². The average molecular weight is 409 g/mol. The van der Waals surface area contributed by atoms with Crippen LogP contribution in [0.25, 0.3) is 0 Å². The first-order valence-electron chi connectivity index (χ1n) is 9.59. The molecule has 1 aliphatic rings.